The summed E-state index contributed by atoms with van der Waals surface area (Å²) in [5, 5.41) is 3.60. The van der Waals surface area contributed by atoms with E-state index in [0.29, 0.717) is 0 Å². The van der Waals surface area contributed by atoms with Crippen LogP contribution >= 0.6 is 15.9 Å². The SMILES string of the molecule is CC1C(NCc2ccccc2Br)CCCN1C(=O)OC(C)(C)C. The number of benzene rings is 1. The fraction of sp³-hybridized carbons (Fsp3) is 0.611. The second-order valence-electron chi connectivity index (χ2n) is 7.14. The summed E-state index contributed by atoms with van der Waals surface area (Å²) in [7, 11) is 0. The fourth-order valence-corrected chi connectivity index (χ4v) is 3.30. The van der Waals surface area contributed by atoms with Crippen molar-refractivity contribution in [3.8, 4) is 0 Å². The molecule has 1 aromatic rings. The third-order valence-electron chi connectivity index (χ3n) is 4.13. The van der Waals surface area contributed by atoms with Gasteiger partial charge in [-0.2, -0.15) is 0 Å². The second-order valence-corrected chi connectivity index (χ2v) is 7.99. The van der Waals surface area contributed by atoms with Gasteiger partial charge in [-0.05, 0) is 52.2 Å². The van der Waals surface area contributed by atoms with E-state index in [1.807, 2.05) is 43.9 Å². The predicted octanol–water partition coefficient (Wildman–Crippen LogP) is 4.33. The van der Waals surface area contributed by atoms with Crippen molar-refractivity contribution in [2.75, 3.05) is 6.54 Å². The van der Waals surface area contributed by atoms with E-state index in [-0.39, 0.29) is 18.2 Å². The van der Waals surface area contributed by atoms with Gasteiger partial charge in [-0.1, -0.05) is 34.1 Å². The number of hydrogen-bond acceptors (Lipinski definition) is 3. The molecule has 1 saturated heterocycles. The first kappa shape index (κ1) is 18.3. The number of carbonyl (C=O) groups is 1. The number of amides is 1. The van der Waals surface area contributed by atoms with Crippen LogP contribution in [0.25, 0.3) is 0 Å². The summed E-state index contributed by atoms with van der Waals surface area (Å²) in [5.74, 6) is 0. The fourth-order valence-electron chi connectivity index (χ4n) is 2.88. The average molecular weight is 383 g/mol. The molecule has 1 amide bonds. The van der Waals surface area contributed by atoms with E-state index in [0.717, 1.165) is 30.4 Å². The maximum atomic E-state index is 12.4. The van der Waals surface area contributed by atoms with E-state index in [2.05, 4.69) is 34.2 Å². The number of nitrogens with one attached hydrogen (secondary N) is 1. The third kappa shape index (κ3) is 5.21. The van der Waals surface area contributed by atoms with E-state index in [1.54, 1.807) is 0 Å². The summed E-state index contributed by atoms with van der Waals surface area (Å²) in [4.78, 5) is 14.2. The Bertz CT molecular complexity index is 542. The van der Waals surface area contributed by atoms with Crippen LogP contribution in [-0.4, -0.2) is 35.2 Å². The molecule has 5 heteroatoms. The molecule has 0 aromatic heterocycles. The molecule has 0 bridgehead atoms. The van der Waals surface area contributed by atoms with Crippen molar-refractivity contribution in [1.82, 2.24) is 10.2 Å². The van der Waals surface area contributed by atoms with Crippen molar-refractivity contribution in [2.24, 2.45) is 0 Å². The van der Waals surface area contributed by atoms with Crippen molar-refractivity contribution >= 4 is 22.0 Å². The molecule has 1 N–H and O–H groups in total. The predicted molar refractivity (Wildman–Crippen MR) is 96.4 cm³/mol. The molecule has 1 aromatic carbocycles. The molecule has 0 spiro atoms. The van der Waals surface area contributed by atoms with Crippen LogP contribution in [0.3, 0.4) is 0 Å². The third-order valence-corrected chi connectivity index (χ3v) is 4.90. The molecule has 2 atom stereocenters. The zero-order valence-corrected chi connectivity index (χ0v) is 16.0. The smallest absolute Gasteiger partial charge is 0.410 e. The standard InChI is InChI=1S/C18H27BrN2O2/c1-13-16(20-12-14-8-5-6-9-15(14)19)10-7-11-21(13)17(22)23-18(2,3)4/h5-6,8-9,13,16,20H,7,10-12H2,1-4H3. The Balaban J connectivity index is 1.95. The van der Waals surface area contributed by atoms with Crippen LogP contribution in [0.5, 0.6) is 0 Å². The number of rotatable bonds is 3. The van der Waals surface area contributed by atoms with Gasteiger partial charge in [0, 0.05) is 29.6 Å². The van der Waals surface area contributed by atoms with Crippen LogP contribution < -0.4 is 5.32 Å². The van der Waals surface area contributed by atoms with Gasteiger partial charge in [0.15, 0.2) is 0 Å². The van der Waals surface area contributed by atoms with Gasteiger partial charge < -0.3 is 15.0 Å². The summed E-state index contributed by atoms with van der Waals surface area (Å²) >= 11 is 3.58. The number of nitrogens with zero attached hydrogens (tertiary/aromatic N) is 1. The Labute approximate surface area is 147 Å². The molecule has 1 fully saturated rings. The second kappa shape index (κ2) is 7.67. The van der Waals surface area contributed by atoms with Gasteiger partial charge in [0.1, 0.15) is 5.60 Å². The quantitative estimate of drug-likeness (QED) is 0.845. The largest absolute Gasteiger partial charge is 0.444 e. The average Bonchev–Trinajstić information content (AvgIpc) is 2.46. The van der Waals surface area contributed by atoms with Crippen molar-refractivity contribution in [3.05, 3.63) is 34.3 Å². The van der Waals surface area contributed by atoms with Crippen molar-refractivity contribution in [1.29, 1.82) is 0 Å². The highest BCUT2D eigenvalue weighted by Gasteiger charge is 2.33. The van der Waals surface area contributed by atoms with Crippen LogP contribution in [0.1, 0.15) is 46.1 Å². The van der Waals surface area contributed by atoms with E-state index in [9.17, 15) is 4.79 Å². The minimum atomic E-state index is -0.452. The molecular weight excluding hydrogens is 356 g/mol. The highest BCUT2D eigenvalue weighted by atomic mass is 79.9. The van der Waals surface area contributed by atoms with E-state index in [4.69, 9.17) is 4.74 Å². The first-order valence-corrected chi connectivity index (χ1v) is 9.03. The van der Waals surface area contributed by atoms with Crippen LogP contribution in [0.4, 0.5) is 4.79 Å². The molecule has 2 rings (SSSR count). The lowest BCUT2D eigenvalue weighted by Crippen LogP contribution is -2.55. The van der Waals surface area contributed by atoms with Gasteiger partial charge in [-0.3, -0.25) is 0 Å². The Morgan fingerprint density at radius 2 is 2.09 bits per heavy atom. The molecule has 1 aliphatic rings. The molecule has 1 heterocycles. The van der Waals surface area contributed by atoms with Gasteiger partial charge >= 0.3 is 6.09 Å². The summed E-state index contributed by atoms with van der Waals surface area (Å²) in [6.45, 7) is 9.37. The number of piperidine rings is 1. The van der Waals surface area contributed by atoms with Gasteiger partial charge in [-0.25, -0.2) is 4.79 Å². The molecule has 23 heavy (non-hydrogen) atoms. The minimum absolute atomic E-state index is 0.126. The van der Waals surface area contributed by atoms with E-state index < -0.39 is 5.60 Å². The highest BCUT2D eigenvalue weighted by molar-refractivity contribution is 9.10. The van der Waals surface area contributed by atoms with Crippen LogP contribution in [0.2, 0.25) is 0 Å². The Morgan fingerprint density at radius 3 is 2.74 bits per heavy atom. The molecule has 128 valence electrons. The summed E-state index contributed by atoms with van der Waals surface area (Å²) in [5.41, 5.74) is 0.778. The maximum absolute atomic E-state index is 12.4. The molecule has 0 saturated carbocycles. The minimum Gasteiger partial charge on any atom is -0.444 e. The van der Waals surface area contributed by atoms with Gasteiger partial charge in [-0.15, -0.1) is 0 Å². The van der Waals surface area contributed by atoms with Gasteiger partial charge in [0.05, 0.1) is 0 Å². The number of hydrogen-bond donors (Lipinski definition) is 1. The van der Waals surface area contributed by atoms with E-state index in [1.165, 1.54) is 5.56 Å². The van der Waals surface area contributed by atoms with E-state index >= 15 is 0 Å². The molecule has 0 radical (unpaired) electrons. The maximum Gasteiger partial charge on any atom is 0.410 e. The van der Waals surface area contributed by atoms with Crippen molar-refractivity contribution < 1.29 is 9.53 Å². The first-order valence-electron chi connectivity index (χ1n) is 8.24. The van der Waals surface area contributed by atoms with Crippen molar-refractivity contribution in [2.45, 2.75) is 64.8 Å². The Kier molecular flexibility index (Phi) is 6.09. The monoisotopic (exact) mass is 382 g/mol. The lowest BCUT2D eigenvalue weighted by Gasteiger charge is -2.40. The summed E-state index contributed by atoms with van der Waals surface area (Å²) < 4.78 is 6.64. The van der Waals surface area contributed by atoms with Gasteiger partial charge in [0.25, 0.3) is 0 Å². The van der Waals surface area contributed by atoms with Crippen LogP contribution in [-0.2, 0) is 11.3 Å². The summed E-state index contributed by atoms with van der Waals surface area (Å²) in [6, 6.07) is 8.62. The van der Waals surface area contributed by atoms with Crippen LogP contribution in [0, 0.1) is 0 Å². The first-order chi connectivity index (χ1) is 10.8. The normalized spacial score (nSPS) is 22.0. The number of ether oxygens (including phenoxy) is 1. The Morgan fingerprint density at radius 1 is 1.39 bits per heavy atom. The number of likely N-dealkylation sites (tertiary alicyclic amines) is 1. The molecule has 1 aliphatic heterocycles. The molecule has 4 nitrogen and oxygen atoms in total. The number of carbonyl (C=O) groups excluding carboxylic acids is 1. The van der Waals surface area contributed by atoms with Gasteiger partial charge in [0.2, 0.25) is 0 Å². The lowest BCUT2D eigenvalue weighted by atomic mass is 9.97. The Hall–Kier alpha value is -1.07. The van der Waals surface area contributed by atoms with Crippen LogP contribution in [0.15, 0.2) is 28.7 Å². The zero-order valence-electron chi connectivity index (χ0n) is 14.4. The topological polar surface area (TPSA) is 41.6 Å². The lowest BCUT2D eigenvalue weighted by molar-refractivity contribution is 0.00698. The number of halogens is 1. The highest BCUT2D eigenvalue weighted by Crippen LogP contribution is 2.22. The molecule has 0 aliphatic carbocycles. The summed E-state index contributed by atoms with van der Waals surface area (Å²) in [6.07, 6.45) is 1.86. The van der Waals surface area contributed by atoms with Crippen molar-refractivity contribution in [3.63, 3.8) is 0 Å². The molecular formula is C18H27BrN2O2. The zero-order chi connectivity index (χ0) is 17.0. The molecule has 2 unspecified atom stereocenters.